The fourth-order valence-electron chi connectivity index (χ4n) is 3.15. The van der Waals surface area contributed by atoms with E-state index in [0.29, 0.717) is 6.42 Å². The van der Waals surface area contributed by atoms with Crippen molar-refractivity contribution in [1.82, 2.24) is 9.78 Å². The standard InChI is InChI=1S/C23H22FN3O4/c1-3-18(15-8-6-5-7-9-15)22(29)25-19-14-20(28)27(17-12-10-16(24)11-13-17)26-21(19)23(30)31-4-2/h5-14,18H,3-4H2,1-2H3,(H,25,29). The zero-order valence-corrected chi connectivity index (χ0v) is 17.2. The minimum absolute atomic E-state index is 0.0406. The minimum Gasteiger partial charge on any atom is -0.461 e. The first kappa shape index (κ1) is 21.9. The summed E-state index contributed by atoms with van der Waals surface area (Å²) in [6.45, 7) is 3.59. The molecule has 0 radical (unpaired) electrons. The molecule has 1 unspecified atom stereocenters. The van der Waals surface area contributed by atoms with Crippen molar-refractivity contribution in [1.29, 1.82) is 0 Å². The average Bonchev–Trinajstić information content (AvgIpc) is 2.76. The van der Waals surface area contributed by atoms with E-state index in [1.54, 1.807) is 6.92 Å². The highest BCUT2D eigenvalue weighted by Crippen LogP contribution is 2.22. The van der Waals surface area contributed by atoms with Gasteiger partial charge < -0.3 is 10.1 Å². The number of carbonyl (C=O) groups is 2. The van der Waals surface area contributed by atoms with Gasteiger partial charge in [-0.3, -0.25) is 9.59 Å². The van der Waals surface area contributed by atoms with Gasteiger partial charge in [0.2, 0.25) is 5.91 Å². The maximum Gasteiger partial charge on any atom is 0.360 e. The molecule has 2 aromatic carbocycles. The highest BCUT2D eigenvalue weighted by Gasteiger charge is 2.24. The van der Waals surface area contributed by atoms with Gasteiger partial charge in [-0.15, -0.1) is 0 Å². The number of hydrogen-bond acceptors (Lipinski definition) is 5. The second-order valence-corrected chi connectivity index (χ2v) is 6.71. The Hall–Kier alpha value is -3.81. The molecule has 1 amide bonds. The fourth-order valence-corrected chi connectivity index (χ4v) is 3.15. The number of carbonyl (C=O) groups excluding carboxylic acids is 2. The Morgan fingerprint density at radius 3 is 2.39 bits per heavy atom. The predicted molar refractivity (Wildman–Crippen MR) is 114 cm³/mol. The molecule has 1 heterocycles. The lowest BCUT2D eigenvalue weighted by Crippen LogP contribution is -2.28. The molecule has 3 rings (SSSR count). The Morgan fingerprint density at radius 2 is 1.77 bits per heavy atom. The van der Waals surface area contributed by atoms with E-state index in [2.05, 4.69) is 10.4 Å². The number of halogens is 1. The highest BCUT2D eigenvalue weighted by molar-refractivity contribution is 6.01. The molecule has 1 aromatic heterocycles. The molecule has 0 saturated heterocycles. The number of nitrogens with one attached hydrogen (secondary N) is 1. The maximum absolute atomic E-state index is 13.2. The number of ether oxygens (including phenoxy) is 1. The van der Waals surface area contributed by atoms with Crippen LogP contribution in [0.2, 0.25) is 0 Å². The largest absolute Gasteiger partial charge is 0.461 e. The number of anilines is 1. The lowest BCUT2D eigenvalue weighted by Gasteiger charge is -2.17. The van der Waals surface area contributed by atoms with Gasteiger partial charge in [-0.2, -0.15) is 9.78 Å². The third kappa shape index (κ3) is 5.03. The Morgan fingerprint density at radius 1 is 1.10 bits per heavy atom. The molecule has 0 bridgehead atoms. The van der Waals surface area contributed by atoms with Crippen LogP contribution in [0, 0.1) is 5.82 Å². The van der Waals surface area contributed by atoms with Crippen molar-refractivity contribution in [2.75, 3.05) is 11.9 Å². The first-order chi connectivity index (χ1) is 14.9. The molecular formula is C23H22FN3O4. The molecule has 0 aliphatic carbocycles. The summed E-state index contributed by atoms with van der Waals surface area (Å²) in [5.74, 6) is -2.12. The number of esters is 1. The highest BCUT2D eigenvalue weighted by atomic mass is 19.1. The lowest BCUT2D eigenvalue weighted by molar-refractivity contribution is -0.117. The lowest BCUT2D eigenvalue weighted by atomic mass is 9.95. The zero-order valence-electron chi connectivity index (χ0n) is 17.2. The van der Waals surface area contributed by atoms with Crippen molar-refractivity contribution in [2.45, 2.75) is 26.2 Å². The molecule has 0 aliphatic heterocycles. The summed E-state index contributed by atoms with van der Waals surface area (Å²) in [4.78, 5) is 38.1. The van der Waals surface area contributed by atoms with Crippen molar-refractivity contribution in [3.63, 3.8) is 0 Å². The van der Waals surface area contributed by atoms with Crippen LogP contribution in [0.3, 0.4) is 0 Å². The van der Waals surface area contributed by atoms with E-state index in [9.17, 15) is 18.8 Å². The van der Waals surface area contributed by atoms with Crippen LogP contribution >= 0.6 is 0 Å². The van der Waals surface area contributed by atoms with Gasteiger partial charge in [0.25, 0.3) is 5.56 Å². The van der Waals surface area contributed by atoms with Crippen LogP contribution in [-0.4, -0.2) is 28.3 Å². The quantitative estimate of drug-likeness (QED) is 0.586. The zero-order chi connectivity index (χ0) is 22.4. The molecule has 1 N–H and O–H groups in total. The van der Waals surface area contributed by atoms with Gasteiger partial charge in [0.15, 0.2) is 5.69 Å². The van der Waals surface area contributed by atoms with E-state index in [1.165, 1.54) is 24.3 Å². The number of benzene rings is 2. The van der Waals surface area contributed by atoms with Gasteiger partial charge in [0.05, 0.1) is 23.9 Å². The van der Waals surface area contributed by atoms with Gasteiger partial charge in [-0.1, -0.05) is 37.3 Å². The van der Waals surface area contributed by atoms with Crippen molar-refractivity contribution in [2.24, 2.45) is 0 Å². The summed E-state index contributed by atoms with van der Waals surface area (Å²) < 4.78 is 19.2. The van der Waals surface area contributed by atoms with Crippen LogP contribution in [0.1, 0.15) is 42.2 Å². The monoisotopic (exact) mass is 423 g/mol. The van der Waals surface area contributed by atoms with Crippen molar-refractivity contribution < 1.29 is 18.7 Å². The van der Waals surface area contributed by atoms with E-state index < -0.39 is 23.3 Å². The van der Waals surface area contributed by atoms with Crippen LogP contribution in [0.25, 0.3) is 5.69 Å². The Bertz CT molecular complexity index is 1130. The van der Waals surface area contributed by atoms with Crippen molar-refractivity contribution in [3.8, 4) is 5.69 Å². The van der Waals surface area contributed by atoms with Gasteiger partial charge in [-0.05, 0) is 43.2 Å². The molecular weight excluding hydrogens is 401 g/mol. The maximum atomic E-state index is 13.2. The molecule has 31 heavy (non-hydrogen) atoms. The van der Waals surface area contributed by atoms with Crippen LogP contribution in [0.4, 0.5) is 10.1 Å². The first-order valence-electron chi connectivity index (χ1n) is 9.87. The van der Waals surface area contributed by atoms with E-state index >= 15 is 0 Å². The predicted octanol–water partition coefficient (Wildman–Crippen LogP) is 3.68. The molecule has 0 spiro atoms. The second-order valence-electron chi connectivity index (χ2n) is 6.71. The minimum atomic E-state index is -0.790. The summed E-state index contributed by atoms with van der Waals surface area (Å²) in [6.07, 6.45) is 0.519. The fraction of sp³-hybridized carbons (Fsp3) is 0.217. The van der Waals surface area contributed by atoms with E-state index in [0.717, 1.165) is 16.3 Å². The molecule has 3 aromatic rings. The summed E-state index contributed by atoms with van der Waals surface area (Å²) in [5.41, 5.74) is 0.226. The van der Waals surface area contributed by atoms with Gasteiger partial charge >= 0.3 is 5.97 Å². The van der Waals surface area contributed by atoms with Crippen molar-refractivity contribution in [3.05, 3.63) is 88.1 Å². The number of hydrogen-bond donors (Lipinski definition) is 1. The van der Waals surface area contributed by atoms with E-state index in [4.69, 9.17) is 4.74 Å². The van der Waals surface area contributed by atoms with Crippen LogP contribution in [0.15, 0.2) is 65.5 Å². The molecule has 0 fully saturated rings. The molecule has 1 atom stereocenters. The second kappa shape index (κ2) is 9.80. The van der Waals surface area contributed by atoms with Gasteiger partial charge in [0, 0.05) is 6.07 Å². The van der Waals surface area contributed by atoms with Crippen LogP contribution in [-0.2, 0) is 9.53 Å². The van der Waals surface area contributed by atoms with Gasteiger partial charge in [0.1, 0.15) is 5.82 Å². The number of amides is 1. The SMILES string of the molecule is CCOC(=O)c1nn(-c2ccc(F)cc2)c(=O)cc1NC(=O)C(CC)c1ccccc1. The Balaban J connectivity index is 2.01. The molecule has 0 aliphatic rings. The van der Waals surface area contributed by atoms with Gasteiger partial charge in [-0.25, -0.2) is 9.18 Å². The molecule has 160 valence electrons. The smallest absolute Gasteiger partial charge is 0.360 e. The first-order valence-corrected chi connectivity index (χ1v) is 9.87. The summed E-state index contributed by atoms with van der Waals surface area (Å²) in [5, 5.41) is 6.75. The third-order valence-electron chi connectivity index (χ3n) is 4.66. The van der Waals surface area contributed by atoms with Crippen LogP contribution in [0.5, 0.6) is 0 Å². The van der Waals surface area contributed by atoms with Crippen molar-refractivity contribution >= 4 is 17.6 Å². The van der Waals surface area contributed by atoms with Crippen LogP contribution < -0.4 is 10.9 Å². The Kier molecular flexibility index (Phi) is 6.92. The molecule has 0 saturated carbocycles. The van der Waals surface area contributed by atoms with E-state index in [1.807, 2.05) is 37.3 Å². The molecule has 8 heteroatoms. The normalized spacial score (nSPS) is 11.6. The third-order valence-corrected chi connectivity index (χ3v) is 4.66. The topological polar surface area (TPSA) is 90.3 Å². The summed E-state index contributed by atoms with van der Waals surface area (Å²) in [6, 6.07) is 15.4. The summed E-state index contributed by atoms with van der Waals surface area (Å²) in [7, 11) is 0. The Labute approximate surface area is 178 Å². The van der Waals surface area contributed by atoms with E-state index in [-0.39, 0.29) is 29.6 Å². The number of nitrogens with zero attached hydrogens (tertiary/aromatic N) is 2. The summed E-state index contributed by atoms with van der Waals surface area (Å²) >= 11 is 0. The number of aromatic nitrogens is 2. The molecule has 7 nitrogen and oxygen atoms in total. The average molecular weight is 423 g/mol. The number of rotatable bonds is 7.